The average molecular weight is 390 g/mol. The summed E-state index contributed by atoms with van der Waals surface area (Å²) in [7, 11) is 0. The molecule has 2 aromatic carbocycles. The van der Waals surface area contributed by atoms with E-state index in [1.54, 1.807) is 23.1 Å². The second kappa shape index (κ2) is 10.3. The Labute approximate surface area is 172 Å². The molecule has 2 amide bonds. The van der Waals surface area contributed by atoms with Crippen molar-refractivity contribution in [2.45, 2.75) is 13.1 Å². The van der Waals surface area contributed by atoms with Crippen LogP contribution in [0.1, 0.15) is 16.7 Å². The number of urea groups is 1. The third-order valence-electron chi connectivity index (χ3n) is 4.82. The van der Waals surface area contributed by atoms with E-state index in [0.717, 1.165) is 37.4 Å². The molecule has 1 aliphatic heterocycles. The number of hydrogen-bond acceptors (Lipinski definition) is 4. The van der Waals surface area contributed by atoms with Gasteiger partial charge < -0.3 is 19.9 Å². The summed E-state index contributed by atoms with van der Waals surface area (Å²) < 4.78 is 5.39. The van der Waals surface area contributed by atoms with Crippen LogP contribution in [0, 0.1) is 11.3 Å². The molecule has 0 spiro atoms. The number of hydrogen-bond donors (Lipinski definition) is 1. The van der Waals surface area contributed by atoms with Crippen LogP contribution in [0.3, 0.4) is 0 Å². The van der Waals surface area contributed by atoms with Gasteiger partial charge in [-0.1, -0.05) is 30.3 Å². The zero-order valence-electron chi connectivity index (χ0n) is 16.5. The number of nitrogens with one attached hydrogen (secondary N) is 1. The highest BCUT2D eigenvalue weighted by Gasteiger charge is 2.14. The summed E-state index contributed by atoms with van der Waals surface area (Å²) in [5.74, 6) is 0. The first kappa shape index (κ1) is 20.4. The molecule has 0 aliphatic carbocycles. The summed E-state index contributed by atoms with van der Waals surface area (Å²) in [6, 6.07) is 17.5. The highest BCUT2D eigenvalue weighted by atomic mass is 16.5. The number of rotatable bonds is 7. The Morgan fingerprint density at radius 1 is 1.21 bits per heavy atom. The number of nitrogens with zero attached hydrogens (tertiary/aromatic N) is 3. The number of morpholine rings is 1. The molecular weight excluding hydrogens is 364 g/mol. The van der Waals surface area contributed by atoms with Crippen LogP contribution >= 0.6 is 0 Å². The van der Waals surface area contributed by atoms with Crippen molar-refractivity contribution in [2.75, 3.05) is 37.7 Å². The molecule has 1 N–H and O–H groups in total. The number of carbonyl (C=O) groups is 1. The molecule has 3 rings (SSSR count). The SMILES string of the molecule is C=CCN(Cc1cccc(C#N)c1)C(=O)NCc1ccc(N2CCOCC2)cc1. The Balaban J connectivity index is 1.56. The fraction of sp³-hybridized carbons (Fsp3) is 0.304. The molecule has 0 saturated carbocycles. The van der Waals surface area contributed by atoms with Crippen LogP contribution in [0.15, 0.2) is 61.2 Å². The maximum Gasteiger partial charge on any atom is 0.318 e. The molecule has 6 heteroatoms. The third-order valence-corrected chi connectivity index (χ3v) is 4.82. The van der Waals surface area contributed by atoms with E-state index in [1.807, 2.05) is 24.3 Å². The van der Waals surface area contributed by atoms with Gasteiger partial charge in [0.25, 0.3) is 0 Å². The van der Waals surface area contributed by atoms with Gasteiger partial charge in [0.05, 0.1) is 24.8 Å². The maximum absolute atomic E-state index is 12.7. The molecule has 0 radical (unpaired) electrons. The minimum Gasteiger partial charge on any atom is -0.378 e. The molecule has 29 heavy (non-hydrogen) atoms. The molecule has 0 aromatic heterocycles. The fourth-order valence-corrected chi connectivity index (χ4v) is 3.27. The first-order valence-corrected chi connectivity index (χ1v) is 9.74. The normalized spacial score (nSPS) is 13.4. The number of anilines is 1. The van der Waals surface area contributed by atoms with E-state index in [9.17, 15) is 4.79 Å². The van der Waals surface area contributed by atoms with Gasteiger partial charge in [-0.3, -0.25) is 0 Å². The van der Waals surface area contributed by atoms with Crippen molar-refractivity contribution in [3.63, 3.8) is 0 Å². The average Bonchev–Trinajstić information content (AvgIpc) is 2.78. The maximum atomic E-state index is 12.7. The van der Waals surface area contributed by atoms with E-state index in [1.165, 1.54) is 5.69 Å². The number of amides is 2. The van der Waals surface area contributed by atoms with Crippen molar-refractivity contribution in [3.05, 3.63) is 77.9 Å². The lowest BCUT2D eigenvalue weighted by Crippen LogP contribution is -2.39. The van der Waals surface area contributed by atoms with Crippen molar-refractivity contribution in [2.24, 2.45) is 0 Å². The van der Waals surface area contributed by atoms with Gasteiger partial charge in [0.2, 0.25) is 0 Å². The lowest BCUT2D eigenvalue weighted by molar-refractivity contribution is 0.122. The van der Waals surface area contributed by atoms with E-state index in [4.69, 9.17) is 10.00 Å². The first-order chi connectivity index (χ1) is 14.2. The molecule has 2 aromatic rings. The Morgan fingerprint density at radius 2 is 1.97 bits per heavy atom. The van der Waals surface area contributed by atoms with Crippen LogP contribution in [-0.2, 0) is 17.8 Å². The summed E-state index contributed by atoms with van der Waals surface area (Å²) in [5.41, 5.74) is 3.71. The standard InChI is InChI=1S/C23H26N4O2/c1-2-10-27(18-21-5-3-4-20(15-21)16-24)23(28)25-17-19-6-8-22(9-7-19)26-11-13-29-14-12-26/h2-9,15H,1,10-14,17-18H2,(H,25,28). The minimum absolute atomic E-state index is 0.162. The zero-order chi connectivity index (χ0) is 20.5. The van der Waals surface area contributed by atoms with Crippen LogP contribution in [0.25, 0.3) is 0 Å². The van der Waals surface area contributed by atoms with E-state index in [-0.39, 0.29) is 6.03 Å². The second-order valence-corrected chi connectivity index (χ2v) is 6.91. The lowest BCUT2D eigenvalue weighted by Gasteiger charge is -2.29. The lowest BCUT2D eigenvalue weighted by atomic mass is 10.1. The van der Waals surface area contributed by atoms with Gasteiger partial charge in [-0.2, -0.15) is 5.26 Å². The highest BCUT2D eigenvalue weighted by molar-refractivity contribution is 5.74. The smallest absolute Gasteiger partial charge is 0.318 e. The van der Waals surface area contributed by atoms with E-state index >= 15 is 0 Å². The molecule has 1 fully saturated rings. The fourth-order valence-electron chi connectivity index (χ4n) is 3.27. The van der Waals surface area contributed by atoms with Crippen molar-refractivity contribution in [1.29, 1.82) is 5.26 Å². The zero-order valence-corrected chi connectivity index (χ0v) is 16.5. The highest BCUT2D eigenvalue weighted by Crippen LogP contribution is 2.16. The molecule has 6 nitrogen and oxygen atoms in total. The largest absolute Gasteiger partial charge is 0.378 e. The summed E-state index contributed by atoms with van der Waals surface area (Å²) in [6.45, 7) is 8.37. The van der Waals surface area contributed by atoms with Gasteiger partial charge in [-0.15, -0.1) is 6.58 Å². The van der Waals surface area contributed by atoms with Crippen molar-refractivity contribution < 1.29 is 9.53 Å². The first-order valence-electron chi connectivity index (χ1n) is 9.74. The number of benzene rings is 2. The Morgan fingerprint density at radius 3 is 2.66 bits per heavy atom. The van der Waals surface area contributed by atoms with E-state index in [2.05, 4.69) is 35.0 Å². The van der Waals surface area contributed by atoms with Crippen LogP contribution in [0.2, 0.25) is 0 Å². The molecule has 1 heterocycles. The van der Waals surface area contributed by atoms with Crippen LogP contribution in [0.5, 0.6) is 0 Å². The van der Waals surface area contributed by atoms with E-state index in [0.29, 0.717) is 25.2 Å². The molecule has 0 atom stereocenters. The monoisotopic (exact) mass is 390 g/mol. The topological polar surface area (TPSA) is 68.6 Å². The molecule has 150 valence electrons. The van der Waals surface area contributed by atoms with Gasteiger partial charge in [0, 0.05) is 38.4 Å². The van der Waals surface area contributed by atoms with Crippen LogP contribution in [-0.4, -0.2) is 43.8 Å². The number of carbonyl (C=O) groups excluding carboxylic acids is 1. The van der Waals surface area contributed by atoms with Crippen LogP contribution in [0.4, 0.5) is 10.5 Å². The minimum atomic E-state index is -0.162. The van der Waals surface area contributed by atoms with E-state index < -0.39 is 0 Å². The van der Waals surface area contributed by atoms with Gasteiger partial charge >= 0.3 is 6.03 Å². The van der Waals surface area contributed by atoms with Gasteiger partial charge in [0.1, 0.15) is 0 Å². The summed E-state index contributed by atoms with van der Waals surface area (Å²) in [4.78, 5) is 16.6. The summed E-state index contributed by atoms with van der Waals surface area (Å²) in [6.07, 6.45) is 1.70. The molecule has 0 bridgehead atoms. The van der Waals surface area contributed by atoms with Gasteiger partial charge in [-0.25, -0.2) is 4.79 Å². The Kier molecular flexibility index (Phi) is 7.26. The quantitative estimate of drug-likeness (QED) is 0.737. The third kappa shape index (κ3) is 5.84. The Bertz CT molecular complexity index is 867. The predicted octanol–water partition coefficient (Wildman–Crippen LogP) is 3.29. The summed E-state index contributed by atoms with van der Waals surface area (Å²) >= 11 is 0. The van der Waals surface area contributed by atoms with Gasteiger partial charge in [0.15, 0.2) is 0 Å². The second-order valence-electron chi connectivity index (χ2n) is 6.91. The molecule has 1 saturated heterocycles. The number of nitriles is 1. The Hall–Kier alpha value is -3.30. The van der Waals surface area contributed by atoms with Crippen LogP contribution < -0.4 is 10.2 Å². The number of ether oxygens (including phenoxy) is 1. The molecular formula is C23H26N4O2. The predicted molar refractivity (Wildman–Crippen MR) is 113 cm³/mol. The summed E-state index contributed by atoms with van der Waals surface area (Å²) in [5, 5.41) is 12.0. The van der Waals surface area contributed by atoms with Crippen molar-refractivity contribution >= 4 is 11.7 Å². The molecule has 0 unspecified atom stereocenters. The van der Waals surface area contributed by atoms with Crippen molar-refractivity contribution in [3.8, 4) is 6.07 Å². The van der Waals surface area contributed by atoms with Gasteiger partial charge in [-0.05, 0) is 35.4 Å². The molecule has 1 aliphatic rings. The van der Waals surface area contributed by atoms with Crippen molar-refractivity contribution in [1.82, 2.24) is 10.2 Å².